The van der Waals surface area contributed by atoms with Crippen LogP contribution >= 0.6 is 15.9 Å². The van der Waals surface area contributed by atoms with Crippen molar-refractivity contribution in [3.8, 4) is 6.07 Å². The third-order valence-corrected chi connectivity index (χ3v) is 3.27. The molecule has 1 aromatic carbocycles. The van der Waals surface area contributed by atoms with Crippen molar-refractivity contribution >= 4 is 33.2 Å². The number of halogens is 1. The monoisotopic (exact) mass is 370 g/mol. The number of amides is 1. The maximum atomic E-state index is 12.3. The van der Waals surface area contributed by atoms with Crippen LogP contribution in [0.3, 0.4) is 0 Å². The highest BCUT2D eigenvalue weighted by Crippen LogP contribution is 2.27. The topological polar surface area (TPSA) is 120 Å². The first-order chi connectivity index (χ1) is 10.5. The van der Waals surface area contributed by atoms with E-state index in [2.05, 4.69) is 21.2 Å². The third kappa shape index (κ3) is 4.16. The SMILES string of the molecule is CN(CCO)C(=O)c1cc(NCCBr)c(C#N)cc1[N+](=O)[O-]. The molecule has 1 amide bonds. The molecule has 0 atom stereocenters. The average Bonchev–Trinajstić information content (AvgIpc) is 2.51. The van der Waals surface area contributed by atoms with Gasteiger partial charge in [-0.25, -0.2) is 0 Å². The Morgan fingerprint density at radius 3 is 2.77 bits per heavy atom. The van der Waals surface area contributed by atoms with Crippen molar-refractivity contribution in [2.75, 3.05) is 37.4 Å². The van der Waals surface area contributed by atoms with E-state index in [1.807, 2.05) is 6.07 Å². The van der Waals surface area contributed by atoms with Gasteiger partial charge in [0, 0.05) is 31.5 Å². The number of alkyl halides is 1. The van der Waals surface area contributed by atoms with E-state index in [1.54, 1.807) is 0 Å². The fraction of sp³-hybridized carbons (Fsp3) is 0.385. The minimum Gasteiger partial charge on any atom is -0.395 e. The Labute approximate surface area is 135 Å². The predicted octanol–water partition coefficient (Wildman–Crippen LogP) is 1.34. The zero-order valence-corrected chi connectivity index (χ0v) is 13.5. The number of aliphatic hydroxyl groups is 1. The summed E-state index contributed by atoms with van der Waals surface area (Å²) in [6, 6.07) is 4.25. The maximum Gasteiger partial charge on any atom is 0.283 e. The molecule has 0 bridgehead atoms. The quantitative estimate of drug-likeness (QED) is 0.424. The van der Waals surface area contributed by atoms with Crippen LogP contribution in [0.5, 0.6) is 0 Å². The van der Waals surface area contributed by atoms with Crippen LogP contribution in [0.2, 0.25) is 0 Å². The van der Waals surface area contributed by atoms with Gasteiger partial charge in [0.2, 0.25) is 0 Å². The number of anilines is 1. The fourth-order valence-corrected chi connectivity index (χ4v) is 1.99. The summed E-state index contributed by atoms with van der Waals surface area (Å²) in [7, 11) is 1.44. The minimum atomic E-state index is -0.699. The van der Waals surface area contributed by atoms with Gasteiger partial charge in [-0.05, 0) is 6.07 Å². The summed E-state index contributed by atoms with van der Waals surface area (Å²) in [5, 5.41) is 32.7. The number of nitro benzene ring substituents is 1. The van der Waals surface area contributed by atoms with Gasteiger partial charge >= 0.3 is 0 Å². The van der Waals surface area contributed by atoms with Crippen LogP contribution in [0.1, 0.15) is 15.9 Å². The van der Waals surface area contributed by atoms with Crippen molar-refractivity contribution in [2.24, 2.45) is 0 Å². The molecule has 9 heteroatoms. The highest BCUT2D eigenvalue weighted by Gasteiger charge is 2.25. The van der Waals surface area contributed by atoms with Gasteiger partial charge in [0.25, 0.3) is 11.6 Å². The van der Waals surface area contributed by atoms with Crippen LogP contribution < -0.4 is 5.32 Å². The Morgan fingerprint density at radius 1 is 1.59 bits per heavy atom. The number of aliphatic hydroxyl groups excluding tert-OH is 1. The van der Waals surface area contributed by atoms with Gasteiger partial charge in [-0.1, -0.05) is 15.9 Å². The molecule has 118 valence electrons. The van der Waals surface area contributed by atoms with Crippen LogP contribution in [0.15, 0.2) is 12.1 Å². The summed E-state index contributed by atoms with van der Waals surface area (Å²) in [5.41, 5.74) is -0.116. The van der Waals surface area contributed by atoms with Crippen LogP contribution in [0.25, 0.3) is 0 Å². The van der Waals surface area contributed by atoms with Gasteiger partial charge in [0.15, 0.2) is 0 Å². The van der Waals surface area contributed by atoms with Gasteiger partial charge in [-0.2, -0.15) is 5.26 Å². The molecule has 0 heterocycles. The average molecular weight is 371 g/mol. The molecule has 0 aliphatic rings. The van der Waals surface area contributed by atoms with Crippen LogP contribution in [0.4, 0.5) is 11.4 Å². The van der Waals surface area contributed by atoms with Crippen LogP contribution in [0, 0.1) is 21.4 Å². The van der Waals surface area contributed by atoms with Gasteiger partial charge in [0.1, 0.15) is 11.6 Å². The summed E-state index contributed by atoms with van der Waals surface area (Å²) in [4.78, 5) is 23.9. The smallest absolute Gasteiger partial charge is 0.283 e. The lowest BCUT2D eigenvalue weighted by atomic mass is 10.1. The number of carbonyl (C=O) groups is 1. The molecule has 0 aliphatic heterocycles. The second-order valence-electron chi connectivity index (χ2n) is 4.35. The zero-order chi connectivity index (χ0) is 16.7. The molecule has 22 heavy (non-hydrogen) atoms. The fourth-order valence-electron chi connectivity index (χ4n) is 1.79. The Kier molecular flexibility index (Phi) is 6.75. The summed E-state index contributed by atoms with van der Waals surface area (Å²) < 4.78 is 0. The zero-order valence-electron chi connectivity index (χ0n) is 11.9. The number of likely N-dealkylation sites (N-methyl/N-ethyl adjacent to an activating group) is 1. The highest BCUT2D eigenvalue weighted by molar-refractivity contribution is 9.09. The van der Waals surface area contributed by atoms with Crippen molar-refractivity contribution in [2.45, 2.75) is 0 Å². The van der Waals surface area contributed by atoms with Crippen LogP contribution in [-0.2, 0) is 0 Å². The van der Waals surface area contributed by atoms with E-state index in [4.69, 9.17) is 10.4 Å². The second kappa shape index (κ2) is 8.31. The molecule has 0 unspecified atom stereocenters. The van der Waals surface area contributed by atoms with Crippen molar-refractivity contribution < 1.29 is 14.8 Å². The van der Waals surface area contributed by atoms with Gasteiger partial charge < -0.3 is 15.3 Å². The number of hydrogen-bond acceptors (Lipinski definition) is 6. The number of benzene rings is 1. The van der Waals surface area contributed by atoms with E-state index in [0.29, 0.717) is 17.6 Å². The van der Waals surface area contributed by atoms with E-state index >= 15 is 0 Å². The maximum absolute atomic E-state index is 12.3. The molecular weight excluding hydrogens is 356 g/mol. The first kappa shape index (κ1) is 17.9. The van der Waals surface area contributed by atoms with Gasteiger partial charge in [-0.15, -0.1) is 0 Å². The third-order valence-electron chi connectivity index (χ3n) is 2.88. The van der Waals surface area contributed by atoms with E-state index in [0.717, 1.165) is 6.07 Å². The molecule has 0 spiro atoms. The Morgan fingerprint density at radius 2 is 2.27 bits per heavy atom. The number of carbonyl (C=O) groups excluding carboxylic acids is 1. The molecule has 2 N–H and O–H groups in total. The predicted molar refractivity (Wildman–Crippen MR) is 84.1 cm³/mol. The molecule has 0 saturated heterocycles. The Bertz CT molecular complexity index is 615. The molecular formula is C13H15BrN4O4. The molecule has 8 nitrogen and oxygen atoms in total. The summed E-state index contributed by atoms with van der Waals surface area (Å²) in [6.07, 6.45) is 0. The van der Waals surface area contributed by atoms with Crippen molar-refractivity contribution in [3.05, 3.63) is 33.4 Å². The van der Waals surface area contributed by atoms with Gasteiger partial charge in [-0.3, -0.25) is 14.9 Å². The number of nitrogens with zero attached hydrogens (tertiary/aromatic N) is 3. The Hall–Kier alpha value is -2.18. The molecule has 0 saturated carbocycles. The van der Waals surface area contributed by atoms with E-state index in [-0.39, 0.29) is 24.3 Å². The number of nitriles is 1. The number of hydrogen-bond donors (Lipinski definition) is 2. The minimum absolute atomic E-state index is 0.0557. The first-order valence-corrected chi connectivity index (χ1v) is 7.47. The largest absolute Gasteiger partial charge is 0.395 e. The summed E-state index contributed by atoms with van der Waals surface area (Å²) in [5.74, 6) is -0.591. The molecule has 0 aliphatic carbocycles. The van der Waals surface area contributed by atoms with Crippen LogP contribution in [-0.4, -0.2) is 52.9 Å². The number of rotatable bonds is 7. The van der Waals surface area contributed by atoms with E-state index in [9.17, 15) is 14.9 Å². The lowest BCUT2D eigenvalue weighted by Gasteiger charge is -2.17. The number of nitro groups is 1. The van der Waals surface area contributed by atoms with E-state index < -0.39 is 16.5 Å². The lowest BCUT2D eigenvalue weighted by Crippen LogP contribution is -2.30. The first-order valence-electron chi connectivity index (χ1n) is 6.35. The summed E-state index contributed by atoms with van der Waals surface area (Å²) in [6.45, 7) is 0.299. The molecule has 0 radical (unpaired) electrons. The second-order valence-corrected chi connectivity index (χ2v) is 5.14. The molecule has 1 rings (SSSR count). The highest BCUT2D eigenvalue weighted by atomic mass is 79.9. The van der Waals surface area contributed by atoms with Crippen molar-refractivity contribution in [1.82, 2.24) is 4.90 Å². The molecule has 0 aromatic heterocycles. The standard InChI is InChI=1S/C13H15BrN4O4/c1-17(4-5-19)13(20)10-7-11(16-3-2-14)9(8-15)6-12(10)18(21)22/h6-7,16,19H,2-5H2,1H3. The van der Waals surface area contributed by atoms with Crippen molar-refractivity contribution in [3.63, 3.8) is 0 Å². The van der Waals surface area contributed by atoms with E-state index in [1.165, 1.54) is 18.0 Å². The molecule has 1 aromatic rings. The lowest BCUT2D eigenvalue weighted by molar-refractivity contribution is -0.385. The van der Waals surface area contributed by atoms with Crippen molar-refractivity contribution in [1.29, 1.82) is 5.26 Å². The Balaban J connectivity index is 3.36. The number of nitrogens with one attached hydrogen (secondary N) is 1. The van der Waals surface area contributed by atoms with Gasteiger partial charge in [0.05, 0.1) is 22.8 Å². The summed E-state index contributed by atoms with van der Waals surface area (Å²) >= 11 is 3.23. The molecule has 0 fully saturated rings. The normalized spacial score (nSPS) is 9.91.